The first-order chi connectivity index (χ1) is 10.2. The van der Waals surface area contributed by atoms with Gasteiger partial charge in [0.05, 0.1) is 17.2 Å². The van der Waals surface area contributed by atoms with E-state index in [9.17, 15) is 10.1 Å². The van der Waals surface area contributed by atoms with Gasteiger partial charge in [0.2, 0.25) is 5.82 Å². The Morgan fingerprint density at radius 1 is 1.33 bits per heavy atom. The zero-order valence-electron chi connectivity index (χ0n) is 11.7. The second-order valence-corrected chi connectivity index (χ2v) is 5.16. The van der Waals surface area contributed by atoms with Crippen molar-refractivity contribution in [1.29, 1.82) is 0 Å². The van der Waals surface area contributed by atoms with Gasteiger partial charge in [0.25, 0.3) is 0 Å². The Hall–Kier alpha value is -2.51. The molecule has 0 radical (unpaired) electrons. The molecule has 110 valence electrons. The van der Waals surface area contributed by atoms with Crippen molar-refractivity contribution in [3.8, 4) is 0 Å². The minimum atomic E-state index is -0.346. The second kappa shape index (κ2) is 5.47. The molecule has 0 atom stereocenters. The van der Waals surface area contributed by atoms with Crippen LogP contribution in [0.5, 0.6) is 0 Å². The van der Waals surface area contributed by atoms with Crippen LogP contribution in [0, 0.1) is 17.0 Å². The number of hydrogen-bond acceptors (Lipinski definition) is 6. The summed E-state index contributed by atoms with van der Waals surface area (Å²) in [6.45, 7) is 3.19. The van der Waals surface area contributed by atoms with Crippen LogP contribution in [0.2, 0.25) is 0 Å². The first-order valence-electron chi connectivity index (χ1n) is 6.87. The van der Waals surface area contributed by atoms with Crippen LogP contribution in [0.4, 0.5) is 11.5 Å². The van der Waals surface area contributed by atoms with Crippen molar-refractivity contribution in [1.82, 2.24) is 20.0 Å². The van der Waals surface area contributed by atoms with Gasteiger partial charge in [-0.25, -0.2) is 9.67 Å². The lowest BCUT2D eigenvalue weighted by atomic mass is 10.0. The third kappa shape index (κ3) is 2.56. The molecule has 1 aliphatic heterocycles. The summed E-state index contributed by atoms with van der Waals surface area (Å²) in [5.74, 6) is 0.469. The zero-order valence-corrected chi connectivity index (χ0v) is 11.7. The van der Waals surface area contributed by atoms with Gasteiger partial charge >= 0.3 is 5.69 Å². The van der Waals surface area contributed by atoms with Gasteiger partial charge in [-0.1, -0.05) is 5.21 Å². The van der Waals surface area contributed by atoms with E-state index in [0.717, 1.165) is 25.9 Å². The zero-order chi connectivity index (χ0) is 14.8. The molecule has 3 rings (SSSR count). The molecule has 2 aromatic heterocycles. The summed E-state index contributed by atoms with van der Waals surface area (Å²) in [4.78, 5) is 17.1. The fourth-order valence-corrected chi connectivity index (χ4v) is 2.75. The minimum Gasteiger partial charge on any atom is -0.351 e. The van der Waals surface area contributed by atoms with Gasteiger partial charge in [0.1, 0.15) is 0 Å². The van der Waals surface area contributed by atoms with E-state index >= 15 is 0 Å². The predicted molar refractivity (Wildman–Crippen MR) is 76.1 cm³/mol. The molecule has 0 amide bonds. The Morgan fingerprint density at radius 2 is 2.10 bits per heavy atom. The summed E-state index contributed by atoms with van der Waals surface area (Å²) < 4.78 is 1.86. The highest BCUT2D eigenvalue weighted by Gasteiger charge is 2.28. The van der Waals surface area contributed by atoms with E-state index in [0.29, 0.717) is 17.4 Å². The molecule has 0 aliphatic carbocycles. The summed E-state index contributed by atoms with van der Waals surface area (Å²) in [5, 5.41) is 19.1. The number of piperidine rings is 1. The number of pyridine rings is 1. The molecule has 0 N–H and O–H groups in total. The molecule has 0 unspecified atom stereocenters. The number of nitro groups is 1. The van der Waals surface area contributed by atoms with Crippen LogP contribution in [0.25, 0.3) is 0 Å². The normalized spacial score (nSPS) is 16.1. The summed E-state index contributed by atoms with van der Waals surface area (Å²) >= 11 is 0. The van der Waals surface area contributed by atoms with Gasteiger partial charge in [-0.2, -0.15) is 0 Å². The van der Waals surface area contributed by atoms with Crippen molar-refractivity contribution in [3.63, 3.8) is 0 Å². The Labute approximate surface area is 121 Å². The Kier molecular flexibility index (Phi) is 3.51. The summed E-state index contributed by atoms with van der Waals surface area (Å²) in [5.41, 5.74) is 0.750. The number of hydrogen-bond donors (Lipinski definition) is 0. The lowest BCUT2D eigenvalue weighted by molar-refractivity contribution is -0.384. The van der Waals surface area contributed by atoms with Gasteiger partial charge < -0.3 is 4.90 Å². The topological polar surface area (TPSA) is 90.0 Å². The van der Waals surface area contributed by atoms with Gasteiger partial charge in [0, 0.05) is 31.0 Å². The van der Waals surface area contributed by atoms with Crippen LogP contribution >= 0.6 is 0 Å². The molecule has 1 saturated heterocycles. The molecule has 1 fully saturated rings. The summed E-state index contributed by atoms with van der Waals surface area (Å²) in [6.07, 6.45) is 6.89. The van der Waals surface area contributed by atoms with Crippen LogP contribution < -0.4 is 4.90 Å². The third-order valence-corrected chi connectivity index (χ3v) is 3.87. The molecule has 0 bridgehead atoms. The monoisotopic (exact) mass is 288 g/mol. The van der Waals surface area contributed by atoms with E-state index in [1.807, 2.05) is 15.8 Å². The first kappa shape index (κ1) is 13.5. The number of nitrogens with zero attached hydrogens (tertiary/aromatic N) is 6. The van der Waals surface area contributed by atoms with Crippen LogP contribution in [-0.2, 0) is 0 Å². The maximum atomic E-state index is 11.3. The molecule has 0 saturated carbocycles. The SMILES string of the molecule is Cc1ccnc(N2CCC(n3ccnn3)CC2)c1[N+](=O)[O-]. The van der Waals surface area contributed by atoms with Crippen molar-refractivity contribution in [3.05, 3.63) is 40.3 Å². The number of anilines is 1. The average molecular weight is 288 g/mol. The highest BCUT2D eigenvalue weighted by atomic mass is 16.6. The maximum Gasteiger partial charge on any atom is 0.314 e. The molecular formula is C13H16N6O2. The number of aromatic nitrogens is 4. The molecular weight excluding hydrogens is 272 g/mol. The summed E-state index contributed by atoms with van der Waals surface area (Å²) in [6, 6.07) is 1.97. The molecule has 3 heterocycles. The average Bonchev–Trinajstić information content (AvgIpc) is 3.01. The van der Waals surface area contributed by atoms with Crippen molar-refractivity contribution in [2.75, 3.05) is 18.0 Å². The molecule has 8 nitrogen and oxygen atoms in total. The largest absolute Gasteiger partial charge is 0.351 e. The fourth-order valence-electron chi connectivity index (χ4n) is 2.75. The molecule has 8 heteroatoms. The van der Waals surface area contributed by atoms with Crippen molar-refractivity contribution < 1.29 is 4.92 Å². The van der Waals surface area contributed by atoms with Gasteiger partial charge in [0.15, 0.2) is 0 Å². The number of aryl methyl sites for hydroxylation is 1. The fraction of sp³-hybridized carbons (Fsp3) is 0.462. The van der Waals surface area contributed by atoms with Crippen molar-refractivity contribution in [2.24, 2.45) is 0 Å². The standard InChI is InChI=1S/C13H16N6O2/c1-10-2-5-14-13(12(10)19(20)21)17-7-3-11(4-8-17)18-9-6-15-16-18/h2,5-6,9,11H,3-4,7-8H2,1H3. The molecule has 0 spiro atoms. The first-order valence-corrected chi connectivity index (χ1v) is 6.87. The van der Waals surface area contributed by atoms with E-state index in [1.165, 1.54) is 0 Å². The molecule has 0 aromatic carbocycles. The predicted octanol–water partition coefficient (Wildman–Crippen LogP) is 1.73. The lowest BCUT2D eigenvalue weighted by Crippen LogP contribution is -2.35. The number of rotatable bonds is 3. The maximum absolute atomic E-state index is 11.3. The van der Waals surface area contributed by atoms with Crippen LogP contribution in [0.1, 0.15) is 24.4 Å². The van der Waals surface area contributed by atoms with Crippen LogP contribution in [0.15, 0.2) is 24.7 Å². The van der Waals surface area contributed by atoms with Crippen molar-refractivity contribution >= 4 is 11.5 Å². The second-order valence-electron chi connectivity index (χ2n) is 5.16. The molecule has 2 aromatic rings. The van der Waals surface area contributed by atoms with Gasteiger partial charge in [-0.05, 0) is 25.8 Å². The molecule has 21 heavy (non-hydrogen) atoms. The van der Waals surface area contributed by atoms with Crippen LogP contribution in [-0.4, -0.2) is 38.0 Å². The highest BCUT2D eigenvalue weighted by Crippen LogP contribution is 2.32. The van der Waals surface area contributed by atoms with E-state index in [2.05, 4.69) is 15.3 Å². The Balaban J connectivity index is 1.78. The Bertz CT molecular complexity index is 634. The van der Waals surface area contributed by atoms with Crippen molar-refractivity contribution in [2.45, 2.75) is 25.8 Å². The van der Waals surface area contributed by atoms with Crippen LogP contribution in [0.3, 0.4) is 0 Å². The quantitative estimate of drug-likeness (QED) is 0.631. The Morgan fingerprint density at radius 3 is 2.71 bits per heavy atom. The highest BCUT2D eigenvalue weighted by molar-refractivity contribution is 5.61. The smallest absolute Gasteiger partial charge is 0.314 e. The van der Waals surface area contributed by atoms with E-state index in [-0.39, 0.29) is 10.6 Å². The summed E-state index contributed by atoms with van der Waals surface area (Å²) in [7, 11) is 0. The van der Waals surface area contributed by atoms with E-state index in [1.54, 1.807) is 25.4 Å². The van der Waals surface area contributed by atoms with E-state index in [4.69, 9.17) is 0 Å². The van der Waals surface area contributed by atoms with Gasteiger partial charge in [-0.3, -0.25) is 10.1 Å². The molecule has 1 aliphatic rings. The van der Waals surface area contributed by atoms with E-state index < -0.39 is 0 Å². The lowest BCUT2D eigenvalue weighted by Gasteiger charge is -2.32. The van der Waals surface area contributed by atoms with Gasteiger partial charge in [-0.15, -0.1) is 5.10 Å². The minimum absolute atomic E-state index is 0.108. The third-order valence-electron chi connectivity index (χ3n) is 3.87.